The topological polar surface area (TPSA) is 148 Å². The summed E-state index contributed by atoms with van der Waals surface area (Å²) in [5.74, 6) is 0.776. The Morgan fingerprint density at radius 1 is 1.29 bits per heavy atom. The van der Waals surface area contributed by atoms with Gasteiger partial charge in [-0.15, -0.1) is 5.10 Å². The molecule has 6 atom stereocenters. The first kappa shape index (κ1) is 22.4. The molecule has 2 amide bonds. The third kappa shape index (κ3) is 3.82. The average Bonchev–Trinajstić information content (AvgIpc) is 3.62. The highest BCUT2D eigenvalue weighted by molar-refractivity contribution is 5.87. The summed E-state index contributed by atoms with van der Waals surface area (Å²) < 4.78 is 0. The van der Waals surface area contributed by atoms with Gasteiger partial charge >= 0.3 is 0 Å². The highest BCUT2D eigenvalue weighted by Gasteiger charge is 2.51. The van der Waals surface area contributed by atoms with E-state index in [1.807, 2.05) is 47.9 Å². The van der Waals surface area contributed by atoms with Gasteiger partial charge in [0.2, 0.25) is 11.8 Å². The van der Waals surface area contributed by atoms with Crippen molar-refractivity contribution in [2.45, 2.75) is 56.9 Å². The number of nitrogens with two attached hydrogens (primary N) is 1. The van der Waals surface area contributed by atoms with Gasteiger partial charge < -0.3 is 15.5 Å². The maximum Gasteiger partial charge on any atom is 0.241 e. The zero-order valence-electron chi connectivity index (χ0n) is 19.3. The van der Waals surface area contributed by atoms with Crippen molar-refractivity contribution in [3.63, 3.8) is 0 Å². The molecule has 3 saturated heterocycles. The fraction of sp³-hybridized carbons (Fsp3) is 0.565. The summed E-state index contributed by atoms with van der Waals surface area (Å²) in [7, 11) is 0. The number of nitrogens with zero attached hydrogens (tertiary/aromatic N) is 7. The first-order valence-corrected chi connectivity index (χ1v) is 11.7. The Morgan fingerprint density at radius 2 is 2.06 bits per heavy atom. The van der Waals surface area contributed by atoms with Gasteiger partial charge in [-0.2, -0.15) is 5.26 Å². The van der Waals surface area contributed by atoms with Gasteiger partial charge in [-0.1, -0.05) is 31.2 Å². The molecule has 11 nitrogen and oxygen atoms in total. The molecule has 0 radical (unpaired) electrons. The van der Waals surface area contributed by atoms with Crippen molar-refractivity contribution in [3.8, 4) is 17.5 Å². The van der Waals surface area contributed by atoms with Crippen molar-refractivity contribution in [1.29, 1.82) is 5.26 Å². The van der Waals surface area contributed by atoms with Crippen LogP contribution in [0.2, 0.25) is 0 Å². The fourth-order valence-corrected chi connectivity index (χ4v) is 5.72. The van der Waals surface area contributed by atoms with Crippen LogP contribution in [0.3, 0.4) is 0 Å². The molecule has 0 saturated carbocycles. The second kappa shape index (κ2) is 8.77. The first-order valence-electron chi connectivity index (χ1n) is 11.7. The minimum absolute atomic E-state index is 0.0654. The van der Waals surface area contributed by atoms with E-state index in [0.717, 1.165) is 17.5 Å². The summed E-state index contributed by atoms with van der Waals surface area (Å²) in [5.41, 5.74) is 8.20. The molecule has 2 aromatic rings. The van der Waals surface area contributed by atoms with Crippen molar-refractivity contribution in [2.75, 3.05) is 19.6 Å². The lowest BCUT2D eigenvalue weighted by Crippen LogP contribution is -2.56. The summed E-state index contributed by atoms with van der Waals surface area (Å²) in [6, 6.07) is 8.72. The fourth-order valence-electron chi connectivity index (χ4n) is 5.72. The van der Waals surface area contributed by atoms with Crippen LogP contribution in [0.25, 0.3) is 11.4 Å². The Bertz CT molecular complexity index is 1100. The van der Waals surface area contributed by atoms with Crippen LogP contribution in [-0.2, 0) is 9.59 Å². The quantitative estimate of drug-likeness (QED) is 0.621. The van der Waals surface area contributed by atoms with Gasteiger partial charge in [-0.3, -0.25) is 14.5 Å². The van der Waals surface area contributed by atoms with Crippen LogP contribution in [0.15, 0.2) is 24.3 Å². The number of hydrogen-bond donors (Lipinski definition) is 2. The van der Waals surface area contributed by atoms with Crippen molar-refractivity contribution >= 4 is 11.8 Å². The second-order valence-corrected chi connectivity index (χ2v) is 9.74. The number of rotatable bonds is 6. The maximum atomic E-state index is 13.3. The summed E-state index contributed by atoms with van der Waals surface area (Å²) in [6.45, 7) is 5.67. The molecule has 11 heteroatoms. The molecule has 2 bridgehead atoms. The molecule has 3 N–H and O–H groups in total. The van der Waals surface area contributed by atoms with Crippen molar-refractivity contribution < 1.29 is 9.59 Å². The Labute approximate surface area is 197 Å². The number of H-pyrrole nitrogens is 1. The van der Waals surface area contributed by atoms with E-state index in [4.69, 9.17) is 5.73 Å². The van der Waals surface area contributed by atoms with E-state index in [-0.39, 0.29) is 29.9 Å². The standard InChI is InChI=1S/C23H29N9O2/c1-13-7-17(9-24)31(10-13)22(33)19(25)12-30-11-18-8-20(30)23(34)32(18)14(2)15-3-5-16(6-4-15)21-26-28-29-27-21/h3-6,13-14,17-20H,7-8,10-12,25H2,1-2H3,(H,26,27,28,29)/t13?,14?,17?,18-,19?,20?/m0/s1. The highest BCUT2D eigenvalue weighted by atomic mass is 16.2. The van der Waals surface area contributed by atoms with Crippen LogP contribution in [0.4, 0.5) is 0 Å². The van der Waals surface area contributed by atoms with Gasteiger partial charge in [-0.05, 0) is 41.7 Å². The highest BCUT2D eigenvalue weighted by Crippen LogP contribution is 2.38. The lowest BCUT2D eigenvalue weighted by atomic mass is 10.0. The van der Waals surface area contributed by atoms with Crippen LogP contribution >= 0.6 is 0 Å². The molecule has 4 heterocycles. The average molecular weight is 464 g/mol. The largest absolute Gasteiger partial charge is 0.330 e. The molecular weight excluding hydrogens is 434 g/mol. The molecular formula is C23H29N9O2. The Hall–Kier alpha value is -3.36. The number of benzene rings is 1. The van der Waals surface area contributed by atoms with Crippen LogP contribution < -0.4 is 5.73 Å². The SMILES string of the molecule is CC1CC(C#N)N(C(=O)C(N)CN2C[C@@H]3CC2C(=O)N3C(C)c2ccc(-c3nnn[nH]3)cc2)C1. The van der Waals surface area contributed by atoms with E-state index in [1.165, 1.54) is 0 Å². The number of likely N-dealkylation sites (tertiary alicyclic amines) is 3. The number of hydrogen-bond acceptors (Lipinski definition) is 8. The lowest BCUT2D eigenvalue weighted by molar-refractivity contribution is -0.141. The molecule has 3 aliphatic rings. The zero-order valence-corrected chi connectivity index (χ0v) is 19.3. The van der Waals surface area contributed by atoms with Crippen LogP contribution in [0.5, 0.6) is 0 Å². The number of amides is 2. The molecule has 34 heavy (non-hydrogen) atoms. The van der Waals surface area contributed by atoms with Crippen LogP contribution in [-0.4, -0.2) is 90.9 Å². The van der Waals surface area contributed by atoms with Crippen molar-refractivity contribution in [2.24, 2.45) is 11.7 Å². The summed E-state index contributed by atoms with van der Waals surface area (Å²) in [5, 5.41) is 23.2. The molecule has 0 spiro atoms. The molecule has 5 unspecified atom stereocenters. The minimum Gasteiger partial charge on any atom is -0.330 e. The maximum absolute atomic E-state index is 13.3. The number of piperazine rings is 1. The van der Waals surface area contributed by atoms with Gasteiger partial charge in [0.1, 0.15) is 6.04 Å². The molecule has 0 aliphatic carbocycles. The Morgan fingerprint density at radius 3 is 2.71 bits per heavy atom. The summed E-state index contributed by atoms with van der Waals surface area (Å²) in [6.07, 6.45) is 1.43. The van der Waals surface area contributed by atoms with Crippen LogP contribution in [0.1, 0.15) is 38.3 Å². The van der Waals surface area contributed by atoms with Gasteiger partial charge in [0.05, 0.1) is 24.2 Å². The Balaban J connectivity index is 1.21. The van der Waals surface area contributed by atoms with Gasteiger partial charge in [0.15, 0.2) is 5.82 Å². The molecule has 3 fully saturated rings. The molecule has 3 aliphatic heterocycles. The number of carbonyl (C=O) groups is 2. The van der Waals surface area contributed by atoms with Crippen molar-refractivity contribution in [3.05, 3.63) is 29.8 Å². The van der Waals surface area contributed by atoms with E-state index in [1.54, 1.807) is 4.90 Å². The normalized spacial score (nSPS) is 28.4. The van der Waals surface area contributed by atoms with E-state index in [9.17, 15) is 14.9 Å². The van der Waals surface area contributed by atoms with Crippen molar-refractivity contribution in [1.82, 2.24) is 35.3 Å². The number of nitriles is 1. The second-order valence-electron chi connectivity index (χ2n) is 9.74. The van der Waals surface area contributed by atoms with Gasteiger partial charge in [-0.25, -0.2) is 5.10 Å². The monoisotopic (exact) mass is 463 g/mol. The van der Waals surface area contributed by atoms with E-state index < -0.39 is 12.1 Å². The zero-order chi connectivity index (χ0) is 24.0. The minimum atomic E-state index is -0.739. The number of carbonyl (C=O) groups excluding carboxylic acids is 2. The number of aromatic nitrogens is 4. The molecule has 1 aromatic heterocycles. The van der Waals surface area contributed by atoms with Crippen LogP contribution in [0, 0.1) is 17.2 Å². The number of tetrazole rings is 1. The predicted molar refractivity (Wildman–Crippen MR) is 122 cm³/mol. The lowest BCUT2D eigenvalue weighted by Gasteiger charge is -2.38. The molecule has 1 aromatic carbocycles. The van der Waals surface area contributed by atoms with E-state index in [0.29, 0.717) is 37.8 Å². The number of nitrogens with one attached hydrogen (secondary N) is 1. The van der Waals surface area contributed by atoms with Gasteiger partial charge in [0.25, 0.3) is 0 Å². The first-order chi connectivity index (χ1) is 16.4. The Kier molecular flexibility index (Phi) is 5.79. The predicted octanol–water partition coefficient (Wildman–Crippen LogP) is 0.301. The number of fused-ring (bicyclic) bond motifs is 2. The smallest absolute Gasteiger partial charge is 0.241 e. The third-order valence-electron chi connectivity index (χ3n) is 7.43. The third-order valence-corrected chi connectivity index (χ3v) is 7.43. The molecule has 178 valence electrons. The molecule has 5 rings (SSSR count). The summed E-state index contributed by atoms with van der Waals surface area (Å²) in [4.78, 5) is 31.8. The summed E-state index contributed by atoms with van der Waals surface area (Å²) >= 11 is 0. The van der Waals surface area contributed by atoms with E-state index in [2.05, 4.69) is 26.7 Å². The number of aromatic amines is 1. The van der Waals surface area contributed by atoms with E-state index >= 15 is 0 Å². The van der Waals surface area contributed by atoms with Gasteiger partial charge in [0, 0.05) is 31.2 Å².